The third kappa shape index (κ3) is 2.91. The zero-order valence-electron chi connectivity index (χ0n) is 10.3. The van der Waals surface area contributed by atoms with E-state index < -0.39 is 49.3 Å². The van der Waals surface area contributed by atoms with Crippen molar-refractivity contribution < 1.29 is 26.0 Å². The average molecular weight is 374 g/mol. The molecule has 0 fully saturated rings. The Labute approximate surface area is 132 Å². The zero-order valence-corrected chi connectivity index (χ0v) is 12.6. The second kappa shape index (κ2) is 5.69. The number of benzene rings is 2. The van der Waals surface area contributed by atoms with Gasteiger partial charge in [-0.2, -0.15) is 0 Å². The lowest BCUT2D eigenvalue weighted by atomic mass is 10.0. The Bertz CT molecular complexity index is 887. The first kappa shape index (κ1) is 17.0. The van der Waals surface area contributed by atoms with Crippen LogP contribution in [0.3, 0.4) is 0 Å². The van der Waals surface area contributed by atoms with E-state index in [-0.39, 0.29) is 16.1 Å². The Morgan fingerprint density at radius 2 is 1.45 bits per heavy atom. The Morgan fingerprint density at radius 1 is 0.864 bits per heavy atom. The van der Waals surface area contributed by atoms with Crippen LogP contribution in [0.5, 0.6) is 0 Å². The SMILES string of the molecule is NS(=O)(=O)c1cc(-c2c(F)cc(F)c(F)c2F)c(Cl)cc1Cl. The summed E-state index contributed by atoms with van der Waals surface area (Å²) >= 11 is 11.4. The molecule has 0 amide bonds. The molecule has 0 aliphatic carbocycles. The molecule has 2 aromatic carbocycles. The topological polar surface area (TPSA) is 60.2 Å². The van der Waals surface area contributed by atoms with Gasteiger partial charge < -0.3 is 0 Å². The molecule has 2 rings (SSSR count). The van der Waals surface area contributed by atoms with E-state index in [0.29, 0.717) is 6.07 Å². The van der Waals surface area contributed by atoms with Gasteiger partial charge in [0, 0.05) is 11.6 Å². The van der Waals surface area contributed by atoms with Crippen molar-refractivity contribution in [1.29, 1.82) is 0 Å². The summed E-state index contributed by atoms with van der Waals surface area (Å²) in [7, 11) is -4.33. The summed E-state index contributed by atoms with van der Waals surface area (Å²) in [6.07, 6.45) is 0. The van der Waals surface area contributed by atoms with E-state index in [4.69, 9.17) is 28.3 Å². The molecule has 0 bridgehead atoms. The van der Waals surface area contributed by atoms with Crippen molar-refractivity contribution >= 4 is 33.2 Å². The van der Waals surface area contributed by atoms with E-state index in [9.17, 15) is 26.0 Å². The molecule has 0 saturated carbocycles. The van der Waals surface area contributed by atoms with Crippen molar-refractivity contribution in [1.82, 2.24) is 0 Å². The van der Waals surface area contributed by atoms with Gasteiger partial charge in [0.25, 0.3) is 0 Å². The molecule has 10 heteroatoms. The maximum Gasteiger partial charge on any atom is 0.239 e. The molecule has 0 aliphatic heterocycles. The van der Waals surface area contributed by atoms with Crippen LogP contribution in [0.1, 0.15) is 0 Å². The minimum absolute atomic E-state index is 0.106. The van der Waals surface area contributed by atoms with E-state index in [2.05, 4.69) is 0 Å². The number of rotatable bonds is 2. The minimum Gasteiger partial charge on any atom is -0.225 e. The fourth-order valence-electron chi connectivity index (χ4n) is 1.75. The van der Waals surface area contributed by atoms with Crippen LogP contribution in [0.2, 0.25) is 10.0 Å². The number of nitrogens with two attached hydrogens (primary N) is 1. The highest BCUT2D eigenvalue weighted by molar-refractivity contribution is 7.89. The summed E-state index contributed by atoms with van der Waals surface area (Å²) in [6, 6.07) is 1.66. The summed E-state index contributed by atoms with van der Waals surface area (Å²) in [5.41, 5.74) is -1.57. The monoisotopic (exact) mass is 373 g/mol. The third-order valence-corrected chi connectivity index (χ3v) is 4.40. The second-order valence-electron chi connectivity index (χ2n) is 4.15. The van der Waals surface area contributed by atoms with Crippen molar-refractivity contribution in [3.63, 3.8) is 0 Å². The molecule has 0 spiro atoms. The van der Waals surface area contributed by atoms with Crippen molar-refractivity contribution in [2.45, 2.75) is 4.90 Å². The molecule has 0 unspecified atom stereocenters. The van der Waals surface area contributed by atoms with Crippen molar-refractivity contribution in [2.75, 3.05) is 0 Å². The van der Waals surface area contributed by atoms with E-state index >= 15 is 0 Å². The first-order valence-electron chi connectivity index (χ1n) is 5.39. The zero-order chi connectivity index (χ0) is 16.8. The van der Waals surface area contributed by atoms with Crippen molar-refractivity contribution in [3.8, 4) is 11.1 Å². The number of sulfonamides is 1. The van der Waals surface area contributed by atoms with Gasteiger partial charge >= 0.3 is 0 Å². The lowest BCUT2D eigenvalue weighted by Gasteiger charge is -2.11. The highest BCUT2D eigenvalue weighted by Gasteiger charge is 2.24. The second-order valence-corrected chi connectivity index (χ2v) is 6.49. The smallest absolute Gasteiger partial charge is 0.225 e. The Balaban J connectivity index is 2.88. The average Bonchev–Trinajstić information content (AvgIpc) is 2.37. The van der Waals surface area contributed by atoms with Gasteiger partial charge in [-0.25, -0.2) is 31.1 Å². The van der Waals surface area contributed by atoms with Crippen LogP contribution in [0.4, 0.5) is 17.6 Å². The quantitative estimate of drug-likeness (QED) is 0.493. The molecule has 22 heavy (non-hydrogen) atoms. The minimum atomic E-state index is -4.33. The fraction of sp³-hybridized carbons (Fsp3) is 0. The van der Waals surface area contributed by atoms with Crippen molar-refractivity contribution in [3.05, 3.63) is 51.5 Å². The van der Waals surface area contributed by atoms with Gasteiger partial charge in [-0.1, -0.05) is 23.2 Å². The molecule has 3 nitrogen and oxygen atoms in total. The first-order chi connectivity index (χ1) is 10.0. The molecule has 0 radical (unpaired) electrons. The molecule has 2 aromatic rings. The number of hydrogen-bond acceptors (Lipinski definition) is 2. The normalized spacial score (nSPS) is 11.8. The molecule has 2 N–H and O–H groups in total. The van der Waals surface area contributed by atoms with E-state index in [1.165, 1.54) is 0 Å². The number of halogens is 6. The maximum atomic E-state index is 13.8. The predicted octanol–water partition coefficient (Wildman–Crippen LogP) is 3.86. The van der Waals surface area contributed by atoms with Gasteiger partial charge in [0.15, 0.2) is 17.5 Å². The van der Waals surface area contributed by atoms with Crippen LogP contribution < -0.4 is 5.14 Å². The van der Waals surface area contributed by atoms with E-state index in [0.717, 1.165) is 6.07 Å². The molecule has 118 valence electrons. The highest BCUT2D eigenvalue weighted by atomic mass is 35.5. The number of hydrogen-bond donors (Lipinski definition) is 1. The van der Waals surface area contributed by atoms with Gasteiger partial charge in [0.05, 0.1) is 15.6 Å². The van der Waals surface area contributed by atoms with Crippen LogP contribution in [0.15, 0.2) is 23.1 Å². The maximum absolute atomic E-state index is 13.8. The summed E-state index contributed by atoms with van der Waals surface area (Å²) < 4.78 is 76.5. The van der Waals surface area contributed by atoms with Crippen LogP contribution in [0, 0.1) is 23.3 Å². The van der Waals surface area contributed by atoms with E-state index in [1.54, 1.807) is 0 Å². The lowest BCUT2D eigenvalue weighted by Crippen LogP contribution is -2.13. The Kier molecular flexibility index (Phi) is 4.40. The molecule has 0 heterocycles. The summed E-state index contributed by atoms with van der Waals surface area (Å²) in [6.45, 7) is 0. The van der Waals surface area contributed by atoms with Crippen LogP contribution in [-0.4, -0.2) is 8.42 Å². The largest absolute Gasteiger partial charge is 0.239 e. The molecule has 0 atom stereocenters. The fourth-order valence-corrected chi connectivity index (χ4v) is 3.16. The first-order valence-corrected chi connectivity index (χ1v) is 7.69. The van der Waals surface area contributed by atoms with Gasteiger partial charge in [0.1, 0.15) is 10.7 Å². The van der Waals surface area contributed by atoms with Crippen LogP contribution in [-0.2, 0) is 10.0 Å². The Morgan fingerprint density at radius 3 is 2.00 bits per heavy atom. The third-order valence-electron chi connectivity index (χ3n) is 2.71. The molecule has 0 saturated heterocycles. The Hall–Kier alpha value is -1.35. The lowest BCUT2D eigenvalue weighted by molar-refractivity contribution is 0.437. The summed E-state index contributed by atoms with van der Waals surface area (Å²) in [5, 5.41) is 4.14. The standard InChI is InChI=1S/C12H5Cl2F4NO2S/c13-5-2-6(14)9(22(19,20)21)1-4(5)10-7(15)3-8(16)11(17)12(10)18/h1-3H,(H2,19,20,21). The van der Waals surface area contributed by atoms with Crippen molar-refractivity contribution in [2.24, 2.45) is 5.14 Å². The highest BCUT2D eigenvalue weighted by Crippen LogP contribution is 2.38. The van der Waals surface area contributed by atoms with Gasteiger partial charge in [-0.3, -0.25) is 0 Å². The van der Waals surface area contributed by atoms with Crippen LogP contribution >= 0.6 is 23.2 Å². The van der Waals surface area contributed by atoms with E-state index in [1.807, 2.05) is 0 Å². The summed E-state index contributed by atoms with van der Waals surface area (Å²) in [5.74, 6) is -7.00. The molecule has 0 aliphatic rings. The van der Waals surface area contributed by atoms with Gasteiger partial charge in [-0.15, -0.1) is 0 Å². The molecule has 0 aromatic heterocycles. The molecular formula is C12H5Cl2F4NO2S. The number of primary sulfonamides is 1. The summed E-state index contributed by atoms with van der Waals surface area (Å²) in [4.78, 5) is -0.669. The van der Waals surface area contributed by atoms with Crippen LogP contribution in [0.25, 0.3) is 11.1 Å². The van der Waals surface area contributed by atoms with Gasteiger partial charge in [-0.05, 0) is 12.1 Å². The molecular weight excluding hydrogens is 369 g/mol. The van der Waals surface area contributed by atoms with Gasteiger partial charge in [0.2, 0.25) is 10.0 Å². The predicted molar refractivity (Wildman–Crippen MR) is 73.1 cm³/mol.